The van der Waals surface area contributed by atoms with E-state index in [0.29, 0.717) is 5.56 Å². The van der Waals surface area contributed by atoms with Crippen molar-refractivity contribution in [1.29, 1.82) is 0 Å². The molecule has 0 aliphatic carbocycles. The minimum atomic E-state index is -0.699. The summed E-state index contributed by atoms with van der Waals surface area (Å²) in [5.41, 5.74) is 0.523. The summed E-state index contributed by atoms with van der Waals surface area (Å²) < 4.78 is 39.8. The van der Waals surface area contributed by atoms with Crippen molar-refractivity contribution in [3.63, 3.8) is 0 Å². The SMILES string of the molecule is Fc1ccc(C(Br)c2ccccc2F)c(F)c1. The van der Waals surface area contributed by atoms with Gasteiger partial charge in [-0.05, 0) is 12.1 Å². The zero-order chi connectivity index (χ0) is 12.4. The molecule has 4 heteroatoms. The largest absolute Gasteiger partial charge is 0.207 e. The van der Waals surface area contributed by atoms with E-state index in [1.54, 1.807) is 18.2 Å². The smallest absolute Gasteiger partial charge is 0.130 e. The summed E-state index contributed by atoms with van der Waals surface area (Å²) in [5.74, 6) is -1.78. The lowest BCUT2D eigenvalue weighted by Crippen LogP contribution is -1.99. The molecule has 0 heterocycles. The molecular formula is C13H8BrF3. The van der Waals surface area contributed by atoms with E-state index in [-0.39, 0.29) is 5.56 Å². The number of rotatable bonds is 2. The normalized spacial score (nSPS) is 12.5. The van der Waals surface area contributed by atoms with E-state index in [2.05, 4.69) is 15.9 Å². The fourth-order valence-corrected chi connectivity index (χ4v) is 2.30. The van der Waals surface area contributed by atoms with Crippen LogP contribution in [0, 0.1) is 17.5 Å². The highest BCUT2D eigenvalue weighted by molar-refractivity contribution is 9.09. The molecule has 0 aliphatic heterocycles. The third-order valence-electron chi connectivity index (χ3n) is 2.41. The highest BCUT2D eigenvalue weighted by Crippen LogP contribution is 2.33. The highest BCUT2D eigenvalue weighted by Gasteiger charge is 2.18. The van der Waals surface area contributed by atoms with Crippen LogP contribution in [0.4, 0.5) is 13.2 Å². The van der Waals surface area contributed by atoms with Crippen molar-refractivity contribution >= 4 is 15.9 Å². The van der Waals surface area contributed by atoms with Gasteiger partial charge in [0.05, 0.1) is 4.83 Å². The monoisotopic (exact) mass is 300 g/mol. The molecule has 2 aromatic rings. The van der Waals surface area contributed by atoms with Crippen LogP contribution in [0.5, 0.6) is 0 Å². The van der Waals surface area contributed by atoms with Gasteiger partial charge in [0.25, 0.3) is 0 Å². The third-order valence-corrected chi connectivity index (χ3v) is 3.40. The van der Waals surface area contributed by atoms with Gasteiger partial charge in [-0.3, -0.25) is 0 Å². The maximum Gasteiger partial charge on any atom is 0.130 e. The Morgan fingerprint density at radius 1 is 0.824 bits per heavy atom. The Morgan fingerprint density at radius 3 is 2.12 bits per heavy atom. The van der Waals surface area contributed by atoms with Crippen LogP contribution < -0.4 is 0 Å². The van der Waals surface area contributed by atoms with Gasteiger partial charge in [-0.15, -0.1) is 0 Å². The maximum atomic E-state index is 13.5. The summed E-state index contributed by atoms with van der Waals surface area (Å²) in [7, 11) is 0. The molecule has 0 bridgehead atoms. The van der Waals surface area contributed by atoms with Gasteiger partial charge in [0, 0.05) is 17.2 Å². The van der Waals surface area contributed by atoms with E-state index in [0.717, 1.165) is 12.1 Å². The van der Waals surface area contributed by atoms with Gasteiger partial charge >= 0.3 is 0 Å². The van der Waals surface area contributed by atoms with E-state index in [9.17, 15) is 13.2 Å². The Labute approximate surface area is 105 Å². The zero-order valence-electron chi connectivity index (χ0n) is 8.63. The van der Waals surface area contributed by atoms with E-state index in [4.69, 9.17) is 0 Å². The summed E-state index contributed by atoms with van der Waals surface area (Å²) >= 11 is 3.22. The second-order valence-corrected chi connectivity index (χ2v) is 4.47. The van der Waals surface area contributed by atoms with Crippen LogP contribution in [0.15, 0.2) is 42.5 Å². The van der Waals surface area contributed by atoms with Crippen molar-refractivity contribution in [3.8, 4) is 0 Å². The van der Waals surface area contributed by atoms with Crippen LogP contribution >= 0.6 is 15.9 Å². The summed E-state index contributed by atoms with van der Waals surface area (Å²) in [5, 5.41) is 0. The molecule has 0 aromatic heterocycles. The predicted molar refractivity (Wildman–Crippen MR) is 63.5 cm³/mol. The van der Waals surface area contributed by atoms with E-state index in [1.807, 2.05) is 0 Å². The van der Waals surface area contributed by atoms with Crippen LogP contribution in [0.25, 0.3) is 0 Å². The molecule has 1 atom stereocenters. The fourth-order valence-electron chi connectivity index (χ4n) is 1.56. The average molecular weight is 301 g/mol. The Kier molecular flexibility index (Phi) is 3.52. The van der Waals surface area contributed by atoms with Crippen molar-refractivity contribution in [3.05, 3.63) is 71.0 Å². The second-order valence-electron chi connectivity index (χ2n) is 3.55. The van der Waals surface area contributed by atoms with Gasteiger partial charge in [-0.25, -0.2) is 13.2 Å². The van der Waals surface area contributed by atoms with Crippen molar-refractivity contribution < 1.29 is 13.2 Å². The summed E-state index contributed by atoms with van der Waals surface area (Å²) in [6.07, 6.45) is 0. The van der Waals surface area contributed by atoms with Gasteiger partial charge in [0.2, 0.25) is 0 Å². The molecule has 0 fully saturated rings. The minimum absolute atomic E-state index is 0.205. The highest BCUT2D eigenvalue weighted by atomic mass is 79.9. The molecule has 0 N–H and O–H groups in total. The second kappa shape index (κ2) is 4.92. The fraction of sp³-hybridized carbons (Fsp3) is 0.0769. The summed E-state index contributed by atoms with van der Waals surface area (Å²) in [6.45, 7) is 0. The van der Waals surface area contributed by atoms with Crippen LogP contribution in [0.1, 0.15) is 16.0 Å². The lowest BCUT2D eigenvalue weighted by Gasteiger charge is -2.12. The first-order chi connectivity index (χ1) is 8.09. The lowest BCUT2D eigenvalue weighted by atomic mass is 10.0. The standard InChI is InChI=1S/C13H8BrF3/c14-13(9-3-1-2-4-11(9)16)10-6-5-8(15)7-12(10)17/h1-7,13H. The van der Waals surface area contributed by atoms with Gasteiger partial charge in [0.15, 0.2) is 0 Å². The molecule has 0 amide bonds. The number of hydrogen-bond acceptors (Lipinski definition) is 0. The first-order valence-electron chi connectivity index (χ1n) is 4.93. The molecule has 0 spiro atoms. The summed E-state index contributed by atoms with van der Waals surface area (Å²) in [6, 6.07) is 9.30. The molecule has 2 aromatic carbocycles. The first-order valence-corrected chi connectivity index (χ1v) is 5.84. The quantitative estimate of drug-likeness (QED) is 0.712. The Bertz CT molecular complexity index is 540. The maximum absolute atomic E-state index is 13.5. The van der Waals surface area contributed by atoms with Crippen molar-refractivity contribution in [2.45, 2.75) is 4.83 Å². The Morgan fingerprint density at radius 2 is 1.47 bits per heavy atom. The molecule has 2 rings (SSSR count). The van der Waals surface area contributed by atoms with Gasteiger partial charge in [-0.2, -0.15) is 0 Å². The van der Waals surface area contributed by atoms with Crippen LogP contribution in [-0.4, -0.2) is 0 Å². The van der Waals surface area contributed by atoms with E-state index >= 15 is 0 Å². The minimum Gasteiger partial charge on any atom is -0.207 e. The predicted octanol–water partition coefficient (Wildman–Crippen LogP) is 4.59. The molecular weight excluding hydrogens is 293 g/mol. The van der Waals surface area contributed by atoms with Gasteiger partial charge in [-0.1, -0.05) is 40.2 Å². The average Bonchev–Trinajstić information content (AvgIpc) is 2.29. The molecule has 0 aliphatic rings. The van der Waals surface area contributed by atoms with Gasteiger partial charge < -0.3 is 0 Å². The number of alkyl halides is 1. The molecule has 0 saturated carbocycles. The number of benzene rings is 2. The van der Waals surface area contributed by atoms with Crippen molar-refractivity contribution in [2.24, 2.45) is 0 Å². The topological polar surface area (TPSA) is 0 Å². The molecule has 0 radical (unpaired) electrons. The molecule has 1 unspecified atom stereocenters. The van der Waals surface area contributed by atoms with E-state index < -0.39 is 22.3 Å². The third kappa shape index (κ3) is 2.52. The molecule has 88 valence electrons. The first kappa shape index (κ1) is 12.2. The number of halogens is 4. The Hall–Kier alpha value is -1.29. The molecule has 0 saturated heterocycles. The van der Waals surface area contributed by atoms with Crippen LogP contribution in [0.3, 0.4) is 0 Å². The van der Waals surface area contributed by atoms with Gasteiger partial charge in [0.1, 0.15) is 17.5 Å². The van der Waals surface area contributed by atoms with Crippen LogP contribution in [0.2, 0.25) is 0 Å². The Balaban J connectivity index is 2.44. The zero-order valence-corrected chi connectivity index (χ0v) is 10.2. The van der Waals surface area contributed by atoms with Crippen molar-refractivity contribution in [2.75, 3.05) is 0 Å². The van der Waals surface area contributed by atoms with Crippen LogP contribution in [-0.2, 0) is 0 Å². The number of hydrogen-bond donors (Lipinski definition) is 0. The lowest BCUT2D eigenvalue weighted by molar-refractivity contribution is 0.571. The van der Waals surface area contributed by atoms with Crippen molar-refractivity contribution in [1.82, 2.24) is 0 Å². The summed E-state index contributed by atoms with van der Waals surface area (Å²) in [4.78, 5) is -0.635. The molecule has 17 heavy (non-hydrogen) atoms. The van der Waals surface area contributed by atoms with E-state index in [1.165, 1.54) is 12.1 Å². The molecule has 0 nitrogen and oxygen atoms in total.